The summed E-state index contributed by atoms with van der Waals surface area (Å²) in [5, 5.41) is 0. The van der Waals surface area contributed by atoms with Crippen molar-refractivity contribution in [2.45, 2.75) is 33.2 Å². The third-order valence-corrected chi connectivity index (χ3v) is 2.82. The number of imidazole rings is 1. The predicted molar refractivity (Wildman–Crippen MR) is 66.7 cm³/mol. The van der Waals surface area contributed by atoms with E-state index in [0.717, 1.165) is 29.1 Å². The van der Waals surface area contributed by atoms with Gasteiger partial charge in [0.2, 0.25) is 0 Å². The lowest BCUT2D eigenvalue weighted by molar-refractivity contribution is 0.520. The number of hydrogen-bond donors (Lipinski definition) is 0. The minimum atomic E-state index is 0.433. The van der Waals surface area contributed by atoms with Crippen molar-refractivity contribution in [3.8, 4) is 0 Å². The van der Waals surface area contributed by atoms with Crippen molar-refractivity contribution in [2.24, 2.45) is 5.92 Å². The Kier molecular flexibility index (Phi) is 3.15. The van der Waals surface area contributed by atoms with Crippen molar-refractivity contribution < 1.29 is 0 Å². The number of alkyl halides is 1. The molecule has 0 aromatic carbocycles. The number of fused-ring (bicyclic) bond motifs is 1. The smallest absolute Gasteiger partial charge is 0.160 e. The van der Waals surface area contributed by atoms with E-state index in [1.165, 1.54) is 0 Å². The van der Waals surface area contributed by atoms with Crippen molar-refractivity contribution in [3.63, 3.8) is 0 Å². The molecule has 0 saturated heterocycles. The standard InChI is InChI=1S/C12H16ClN3/c1-8(2)7-16-10(6-13)15-11-9(3)4-5-14-12(11)16/h4-5,8H,6-7H2,1-3H3. The topological polar surface area (TPSA) is 30.7 Å². The molecular weight excluding hydrogens is 222 g/mol. The third-order valence-electron chi connectivity index (χ3n) is 2.58. The van der Waals surface area contributed by atoms with Gasteiger partial charge in [-0.3, -0.25) is 0 Å². The molecule has 16 heavy (non-hydrogen) atoms. The van der Waals surface area contributed by atoms with Crippen LogP contribution < -0.4 is 0 Å². The zero-order valence-corrected chi connectivity index (χ0v) is 10.6. The first kappa shape index (κ1) is 11.4. The van der Waals surface area contributed by atoms with E-state index in [-0.39, 0.29) is 0 Å². The first-order chi connectivity index (χ1) is 7.63. The van der Waals surface area contributed by atoms with Crippen LogP contribution in [0.2, 0.25) is 0 Å². The highest BCUT2D eigenvalue weighted by Gasteiger charge is 2.13. The molecule has 0 unspecified atom stereocenters. The van der Waals surface area contributed by atoms with Gasteiger partial charge in [-0.05, 0) is 24.5 Å². The molecule has 0 spiro atoms. The van der Waals surface area contributed by atoms with Gasteiger partial charge in [0.1, 0.15) is 11.3 Å². The molecule has 0 amide bonds. The maximum absolute atomic E-state index is 5.93. The fraction of sp³-hybridized carbons (Fsp3) is 0.500. The molecule has 0 aliphatic carbocycles. The molecule has 86 valence electrons. The van der Waals surface area contributed by atoms with Crippen molar-refractivity contribution in [1.29, 1.82) is 0 Å². The van der Waals surface area contributed by atoms with E-state index < -0.39 is 0 Å². The summed E-state index contributed by atoms with van der Waals surface area (Å²) in [5.41, 5.74) is 3.07. The maximum Gasteiger partial charge on any atom is 0.160 e. The van der Waals surface area contributed by atoms with Gasteiger partial charge in [0.25, 0.3) is 0 Å². The number of aromatic nitrogens is 3. The molecule has 4 heteroatoms. The molecule has 3 nitrogen and oxygen atoms in total. The highest BCUT2D eigenvalue weighted by atomic mass is 35.5. The van der Waals surface area contributed by atoms with Crippen LogP contribution in [0.1, 0.15) is 25.2 Å². The van der Waals surface area contributed by atoms with E-state index in [1.54, 1.807) is 0 Å². The second-order valence-corrected chi connectivity index (χ2v) is 4.73. The normalized spacial score (nSPS) is 11.6. The molecule has 0 bridgehead atoms. The van der Waals surface area contributed by atoms with Crippen molar-refractivity contribution >= 4 is 22.8 Å². The van der Waals surface area contributed by atoms with Crippen LogP contribution in [0.4, 0.5) is 0 Å². The maximum atomic E-state index is 5.93. The van der Waals surface area contributed by atoms with E-state index in [9.17, 15) is 0 Å². The van der Waals surface area contributed by atoms with Crippen molar-refractivity contribution in [2.75, 3.05) is 0 Å². The van der Waals surface area contributed by atoms with Gasteiger partial charge in [-0.2, -0.15) is 0 Å². The highest BCUT2D eigenvalue weighted by molar-refractivity contribution is 6.16. The van der Waals surface area contributed by atoms with Gasteiger partial charge in [-0.25, -0.2) is 9.97 Å². The summed E-state index contributed by atoms with van der Waals surface area (Å²) in [6, 6.07) is 1.98. The van der Waals surface area contributed by atoms with Crippen LogP contribution in [0.5, 0.6) is 0 Å². The molecule has 0 saturated carbocycles. The monoisotopic (exact) mass is 237 g/mol. The Morgan fingerprint density at radius 3 is 2.81 bits per heavy atom. The summed E-state index contributed by atoms with van der Waals surface area (Å²) >= 11 is 5.93. The first-order valence-electron chi connectivity index (χ1n) is 5.50. The van der Waals surface area contributed by atoms with Crippen LogP contribution in [-0.2, 0) is 12.4 Å². The second-order valence-electron chi connectivity index (χ2n) is 4.47. The van der Waals surface area contributed by atoms with Crippen LogP contribution in [0.25, 0.3) is 11.2 Å². The highest BCUT2D eigenvalue weighted by Crippen LogP contribution is 2.19. The van der Waals surface area contributed by atoms with Crippen LogP contribution in [-0.4, -0.2) is 14.5 Å². The summed E-state index contributed by atoms with van der Waals surface area (Å²) in [5.74, 6) is 1.90. The van der Waals surface area contributed by atoms with Crippen molar-refractivity contribution in [1.82, 2.24) is 14.5 Å². The molecule has 0 aliphatic rings. The van der Waals surface area contributed by atoms with Crippen LogP contribution in [0, 0.1) is 12.8 Å². The molecule has 0 aliphatic heterocycles. The van der Waals surface area contributed by atoms with Gasteiger partial charge in [-0.15, -0.1) is 11.6 Å². The largest absolute Gasteiger partial charge is 0.311 e. The molecular formula is C12H16ClN3. The summed E-state index contributed by atoms with van der Waals surface area (Å²) in [4.78, 5) is 8.96. The van der Waals surface area contributed by atoms with E-state index in [0.29, 0.717) is 11.8 Å². The fourth-order valence-electron chi connectivity index (χ4n) is 1.84. The zero-order chi connectivity index (χ0) is 11.7. The number of halogens is 1. The van der Waals surface area contributed by atoms with Gasteiger partial charge >= 0.3 is 0 Å². The Hall–Kier alpha value is -1.09. The average molecular weight is 238 g/mol. The molecule has 0 fully saturated rings. The lowest BCUT2D eigenvalue weighted by Crippen LogP contribution is -2.08. The van der Waals surface area contributed by atoms with Gasteiger partial charge in [0.05, 0.1) is 5.88 Å². The van der Waals surface area contributed by atoms with Gasteiger partial charge in [0, 0.05) is 12.7 Å². The third kappa shape index (κ3) is 1.92. The molecule has 0 atom stereocenters. The Bertz CT molecular complexity index is 502. The average Bonchev–Trinajstić information content (AvgIpc) is 2.58. The van der Waals surface area contributed by atoms with E-state index in [1.807, 2.05) is 12.3 Å². The molecule has 0 radical (unpaired) electrons. The minimum Gasteiger partial charge on any atom is -0.311 e. The Balaban J connectivity index is 2.64. The fourth-order valence-corrected chi connectivity index (χ4v) is 2.05. The summed E-state index contributed by atoms with van der Waals surface area (Å²) < 4.78 is 2.12. The van der Waals surface area contributed by atoms with Crippen LogP contribution in [0.3, 0.4) is 0 Å². The second kappa shape index (κ2) is 4.42. The number of nitrogens with zero attached hydrogens (tertiary/aromatic N) is 3. The lowest BCUT2D eigenvalue weighted by atomic mass is 10.2. The first-order valence-corrected chi connectivity index (χ1v) is 6.03. The quantitative estimate of drug-likeness (QED) is 0.768. The lowest BCUT2D eigenvalue weighted by Gasteiger charge is -2.09. The van der Waals surface area contributed by atoms with Crippen LogP contribution >= 0.6 is 11.6 Å². The molecule has 0 N–H and O–H groups in total. The molecule has 2 aromatic rings. The summed E-state index contributed by atoms with van der Waals surface area (Å²) in [6.07, 6.45) is 1.83. The Morgan fingerprint density at radius 2 is 2.19 bits per heavy atom. The number of aryl methyl sites for hydroxylation is 1. The molecule has 2 rings (SSSR count). The van der Waals surface area contributed by atoms with E-state index in [2.05, 4.69) is 35.3 Å². The Labute approximate surface area is 100 Å². The van der Waals surface area contributed by atoms with Gasteiger partial charge in [-0.1, -0.05) is 13.8 Å². The van der Waals surface area contributed by atoms with Gasteiger partial charge in [0.15, 0.2) is 5.65 Å². The number of hydrogen-bond acceptors (Lipinski definition) is 2. The predicted octanol–water partition coefficient (Wildman–Crippen LogP) is 3.13. The summed E-state index contributed by atoms with van der Waals surface area (Å²) in [6.45, 7) is 7.32. The number of pyridine rings is 1. The Morgan fingerprint density at radius 1 is 1.44 bits per heavy atom. The zero-order valence-electron chi connectivity index (χ0n) is 9.87. The minimum absolute atomic E-state index is 0.433. The number of rotatable bonds is 3. The summed E-state index contributed by atoms with van der Waals surface area (Å²) in [7, 11) is 0. The molecule has 2 heterocycles. The van der Waals surface area contributed by atoms with Crippen LogP contribution in [0.15, 0.2) is 12.3 Å². The van der Waals surface area contributed by atoms with E-state index >= 15 is 0 Å². The molecule has 2 aromatic heterocycles. The van der Waals surface area contributed by atoms with Crippen molar-refractivity contribution in [3.05, 3.63) is 23.7 Å². The van der Waals surface area contributed by atoms with Gasteiger partial charge < -0.3 is 4.57 Å². The SMILES string of the molecule is Cc1ccnc2c1nc(CCl)n2CC(C)C. The van der Waals surface area contributed by atoms with E-state index in [4.69, 9.17) is 11.6 Å².